The molecule has 1 aliphatic rings. The van der Waals surface area contributed by atoms with Crippen molar-refractivity contribution in [1.29, 1.82) is 0 Å². The van der Waals surface area contributed by atoms with Crippen LogP contribution >= 0.6 is 0 Å². The fourth-order valence-corrected chi connectivity index (χ4v) is 2.28. The average molecular weight is 253 g/mol. The lowest BCUT2D eigenvalue weighted by atomic mass is 9.93. The lowest BCUT2D eigenvalue weighted by molar-refractivity contribution is 0.449. The summed E-state index contributed by atoms with van der Waals surface area (Å²) in [5.41, 5.74) is 7.80. The predicted molar refractivity (Wildman–Crippen MR) is 77.2 cm³/mol. The molecule has 0 radical (unpaired) electrons. The molecule has 1 fully saturated rings. The molecule has 0 spiro atoms. The van der Waals surface area contributed by atoms with Crippen LogP contribution in [0.25, 0.3) is 0 Å². The van der Waals surface area contributed by atoms with Gasteiger partial charge in [0.1, 0.15) is 11.5 Å². The maximum atomic E-state index is 6.30. The van der Waals surface area contributed by atoms with Gasteiger partial charge >= 0.3 is 0 Å². The summed E-state index contributed by atoms with van der Waals surface area (Å²) in [5, 5.41) is 0. The van der Waals surface area contributed by atoms with Gasteiger partial charge in [0.25, 0.3) is 0 Å². The lowest BCUT2D eigenvalue weighted by Gasteiger charge is -2.19. The Kier molecular flexibility index (Phi) is 3.03. The minimum atomic E-state index is 0.137. The number of rotatable bonds is 4. The zero-order chi connectivity index (χ0) is 13.3. The first-order chi connectivity index (χ1) is 9.17. The van der Waals surface area contributed by atoms with Crippen molar-refractivity contribution in [2.24, 2.45) is 11.1 Å². The van der Waals surface area contributed by atoms with Gasteiger partial charge in [0.2, 0.25) is 0 Å². The highest BCUT2D eigenvalue weighted by molar-refractivity contribution is 5.34. The summed E-state index contributed by atoms with van der Waals surface area (Å²) in [5.74, 6) is 1.71. The topological polar surface area (TPSA) is 35.2 Å². The molecule has 0 bridgehead atoms. The van der Waals surface area contributed by atoms with Gasteiger partial charge in [0.15, 0.2) is 0 Å². The van der Waals surface area contributed by atoms with Crippen LogP contribution in [0.5, 0.6) is 11.5 Å². The molecule has 3 rings (SSSR count). The van der Waals surface area contributed by atoms with Crippen LogP contribution in [0.3, 0.4) is 0 Å². The molecule has 0 aromatic heterocycles. The quantitative estimate of drug-likeness (QED) is 0.882. The van der Waals surface area contributed by atoms with Crippen molar-refractivity contribution in [2.45, 2.75) is 25.8 Å². The molecule has 2 nitrogen and oxygen atoms in total. The summed E-state index contributed by atoms with van der Waals surface area (Å²) >= 11 is 0. The van der Waals surface area contributed by atoms with E-state index in [1.54, 1.807) is 0 Å². The van der Waals surface area contributed by atoms with E-state index < -0.39 is 0 Å². The van der Waals surface area contributed by atoms with Gasteiger partial charge in [-0.05, 0) is 48.1 Å². The van der Waals surface area contributed by atoms with Crippen LogP contribution in [0.4, 0.5) is 0 Å². The number of ether oxygens (including phenoxy) is 1. The molecule has 0 aliphatic heterocycles. The monoisotopic (exact) mass is 253 g/mol. The Morgan fingerprint density at radius 3 is 2.11 bits per heavy atom. The van der Waals surface area contributed by atoms with E-state index in [9.17, 15) is 0 Å². The van der Waals surface area contributed by atoms with Crippen molar-refractivity contribution in [2.75, 3.05) is 0 Å². The number of hydrogen-bond donors (Lipinski definition) is 1. The summed E-state index contributed by atoms with van der Waals surface area (Å²) in [4.78, 5) is 0. The van der Waals surface area contributed by atoms with Gasteiger partial charge in [0, 0.05) is 6.04 Å². The third kappa shape index (κ3) is 2.64. The molecule has 1 atom stereocenters. The lowest BCUT2D eigenvalue weighted by Crippen LogP contribution is -2.19. The number of hydrogen-bond acceptors (Lipinski definition) is 2. The normalized spacial score (nSPS) is 17.8. The van der Waals surface area contributed by atoms with Gasteiger partial charge in [-0.25, -0.2) is 0 Å². The van der Waals surface area contributed by atoms with E-state index in [1.807, 2.05) is 42.5 Å². The molecular weight excluding hydrogens is 234 g/mol. The molecule has 1 unspecified atom stereocenters. The van der Waals surface area contributed by atoms with E-state index >= 15 is 0 Å². The second kappa shape index (κ2) is 4.71. The first-order valence-electron chi connectivity index (χ1n) is 6.76. The summed E-state index contributed by atoms with van der Waals surface area (Å²) in [6, 6.07) is 18.1. The van der Waals surface area contributed by atoms with Gasteiger partial charge in [-0.2, -0.15) is 0 Å². The SMILES string of the molecule is CC1(C(N)c2ccc(Oc3ccccc3)cc2)CC1. The van der Waals surface area contributed by atoms with Crippen LogP contribution in [0.2, 0.25) is 0 Å². The third-order valence-corrected chi connectivity index (χ3v) is 4.01. The van der Waals surface area contributed by atoms with Crippen LogP contribution in [0.15, 0.2) is 54.6 Å². The summed E-state index contributed by atoms with van der Waals surface area (Å²) in [6.45, 7) is 2.26. The van der Waals surface area contributed by atoms with Crippen molar-refractivity contribution in [1.82, 2.24) is 0 Å². The molecule has 1 aliphatic carbocycles. The van der Waals surface area contributed by atoms with Crippen LogP contribution in [0.1, 0.15) is 31.4 Å². The molecule has 98 valence electrons. The summed E-state index contributed by atoms with van der Waals surface area (Å²) in [6.07, 6.45) is 2.47. The van der Waals surface area contributed by atoms with E-state index in [-0.39, 0.29) is 6.04 Å². The van der Waals surface area contributed by atoms with Crippen LogP contribution in [0, 0.1) is 5.41 Å². The first-order valence-corrected chi connectivity index (χ1v) is 6.76. The van der Waals surface area contributed by atoms with E-state index in [0.29, 0.717) is 5.41 Å². The van der Waals surface area contributed by atoms with E-state index in [0.717, 1.165) is 11.5 Å². The second-order valence-corrected chi connectivity index (χ2v) is 5.62. The zero-order valence-corrected chi connectivity index (χ0v) is 11.2. The van der Waals surface area contributed by atoms with Gasteiger partial charge in [-0.15, -0.1) is 0 Å². The van der Waals surface area contributed by atoms with Crippen LogP contribution < -0.4 is 10.5 Å². The number of benzene rings is 2. The smallest absolute Gasteiger partial charge is 0.127 e. The summed E-state index contributed by atoms with van der Waals surface area (Å²) in [7, 11) is 0. The molecule has 2 aromatic carbocycles. The van der Waals surface area contributed by atoms with Gasteiger partial charge < -0.3 is 10.5 Å². The molecule has 0 amide bonds. The average Bonchev–Trinajstić information content (AvgIpc) is 3.19. The second-order valence-electron chi connectivity index (χ2n) is 5.62. The fraction of sp³-hybridized carbons (Fsp3) is 0.294. The van der Waals surface area contributed by atoms with E-state index in [2.05, 4.69) is 19.1 Å². The Labute approximate surface area is 114 Å². The molecule has 2 aromatic rings. The first kappa shape index (κ1) is 12.2. The standard InChI is InChI=1S/C17H19NO/c1-17(11-12-17)16(18)13-7-9-15(10-8-13)19-14-5-3-2-4-6-14/h2-10,16H,11-12,18H2,1H3. The molecule has 0 heterocycles. The highest BCUT2D eigenvalue weighted by atomic mass is 16.5. The van der Waals surface area contributed by atoms with Crippen molar-refractivity contribution < 1.29 is 4.74 Å². The third-order valence-electron chi connectivity index (χ3n) is 4.01. The Hall–Kier alpha value is -1.80. The predicted octanol–water partition coefficient (Wildman–Crippen LogP) is 4.28. The highest BCUT2D eigenvalue weighted by Gasteiger charge is 2.43. The highest BCUT2D eigenvalue weighted by Crippen LogP contribution is 2.53. The van der Waals surface area contributed by atoms with Crippen LogP contribution in [-0.4, -0.2) is 0 Å². The van der Waals surface area contributed by atoms with Crippen molar-refractivity contribution in [3.8, 4) is 11.5 Å². The minimum Gasteiger partial charge on any atom is -0.457 e. The molecule has 1 saturated carbocycles. The van der Waals surface area contributed by atoms with Crippen molar-refractivity contribution in [3.63, 3.8) is 0 Å². The minimum absolute atomic E-state index is 0.137. The van der Waals surface area contributed by atoms with Crippen molar-refractivity contribution in [3.05, 3.63) is 60.2 Å². The Bertz CT molecular complexity index is 543. The van der Waals surface area contributed by atoms with Gasteiger partial charge in [-0.3, -0.25) is 0 Å². The maximum Gasteiger partial charge on any atom is 0.127 e. The molecular formula is C17H19NO. The Balaban J connectivity index is 1.72. The molecule has 19 heavy (non-hydrogen) atoms. The molecule has 2 heteroatoms. The fourth-order valence-electron chi connectivity index (χ4n) is 2.28. The van der Waals surface area contributed by atoms with Gasteiger partial charge in [-0.1, -0.05) is 37.3 Å². The largest absolute Gasteiger partial charge is 0.457 e. The summed E-state index contributed by atoms with van der Waals surface area (Å²) < 4.78 is 5.77. The molecule has 2 N–H and O–H groups in total. The molecule has 0 saturated heterocycles. The number of para-hydroxylation sites is 1. The Morgan fingerprint density at radius 2 is 1.53 bits per heavy atom. The van der Waals surface area contributed by atoms with Crippen LogP contribution in [-0.2, 0) is 0 Å². The van der Waals surface area contributed by atoms with Crippen molar-refractivity contribution >= 4 is 0 Å². The van der Waals surface area contributed by atoms with Gasteiger partial charge in [0.05, 0.1) is 0 Å². The number of nitrogens with two attached hydrogens (primary N) is 1. The zero-order valence-electron chi connectivity index (χ0n) is 11.2. The van der Waals surface area contributed by atoms with E-state index in [4.69, 9.17) is 10.5 Å². The Morgan fingerprint density at radius 1 is 0.947 bits per heavy atom. The maximum absolute atomic E-state index is 6.30. The van der Waals surface area contributed by atoms with E-state index in [1.165, 1.54) is 18.4 Å².